The molecule has 386 valence electrons. The Balaban J connectivity index is 0.853. The normalized spacial score (nSPS) is 12.5. The first kappa shape index (κ1) is 46.8. The molecule has 7 nitrogen and oxygen atoms in total. The van der Waals surface area contributed by atoms with Crippen LogP contribution in [0.5, 0.6) is 0 Å². The minimum Gasteiger partial charge on any atom is -0.455 e. The lowest BCUT2D eigenvalue weighted by molar-refractivity contribution is 0.673. The molecule has 8 heteroatoms. The van der Waals surface area contributed by atoms with Crippen LogP contribution >= 0.6 is 0 Å². The molecular weight excluding hydrogens is 1010 g/mol. The van der Waals surface area contributed by atoms with Crippen molar-refractivity contribution in [2.45, 2.75) is 0 Å². The highest BCUT2D eigenvalue weighted by atomic mass is 16.3. The molecule has 83 heavy (non-hydrogen) atoms. The molecule has 0 radical (unpaired) electrons. The lowest BCUT2D eigenvalue weighted by atomic mass is 9.33. The van der Waals surface area contributed by atoms with Gasteiger partial charge in [0, 0.05) is 72.5 Å². The molecule has 0 N–H and O–H groups in total. The summed E-state index contributed by atoms with van der Waals surface area (Å²) in [5, 5.41) is 4.40. The van der Waals surface area contributed by atoms with Gasteiger partial charge in [0.05, 0.1) is 22.1 Å². The third kappa shape index (κ3) is 7.43. The maximum Gasteiger partial charge on any atom is 0.252 e. The molecule has 0 bridgehead atoms. The number of hydrogen-bond acceptors (Lipinski definition) is 6. The van der Waals surface area contributed by atoms with Gasteiger partial charge in [-0.05, 0) is 130 Å². The molecule has 0 amide bonds. The van der Waals surface area contributed by atoms with Crippen molar-refractivity contribution < 1.29 is 4.42 Å². The van der Waals surface area contributed by atoms with Gasteiger partial charge in [0.15, 0.2) is 17.5 Å². The smallest absolute Gasteiger partial charge is 0.252 e. The third-order valence-electron chi connectivity index (χ3n) is 16.8. The van der Waals surface area contributed by atoms with E-state index in [0.29, 0.717) is 17.5 Å². The van der Waals surface area contributed by atoms with Gasteiger partial charge in [-0.1, -0.05) is 188 Å². The summed E-state index contributed by atoms with van der Waals surface area (Å²) in [6.45, 7) is 0.0568. The molecule has 0 atom stereocenters. The fourth-order valence-corrected chi connectivity index (χ4v) is 13.2. The molecule has 3 aromatic heterocycles. The van der Waals surface area contributed by atoms with E-state index in [1.165, 1.54) is 39.1 Å². The van der Waals surface area contributed by atoms with Crippen LogP contribution in [0.15, 0.2) is 290 Å². The number of fused-ring (bicyclic) bond motifs is 11. The quantitative estimate of drug-likeness (QED) is 0.141. The maximum atomic E-state index is 6.78. The van der Waals surface area contributed by atoms with E-state index in [1.807, 2.05) is 42.5 Å². The van der Waals surface area contributed by atoms with E-state index in [1.54, 1.807) is 0 Å². The second-order valence-corrected chi connectivity index (χ2v) is 21.5. The number of hydrogen-bond donors (Lipinski definition) is 0. The van der Waals surface area contributed by atoms with Crippen LogP contribution in [0.25, 0.3) is 106 Å². The number of rotatable bonds is 8. The van der Waals surface area contributed by atoms with Gasteiger partial charge in [0.1, 0.15) is 11.2 Å². The monoisotopic (exact) mass is 1060 g/mol. The SMILES string of the molecule is c1ccc(-c2nc(-c3ccccc3)nc(-c3ccc(-n4c5ccccc5c5c6oc7ccccc7c6ccc54)c(-c4cccc(-c5cccc(N6c7ccccc7B7c8ccccc8N(c8ccccc8)c8cccc6c87)c5)c4)c3)n2)cc1. The number of aromatic nitrogens is 4. The summed E-state index contributed by atoms with van der Waals surface area (Å²) in [5.74, 6) is 1.81. The maximum absolute atomic E-state index is 6.78. The number of benzene rings is 12. The van der Waals surface area contributed by atoms with Gasteiger partial charge in [0.25, 0.3) is 6.71 Å². The Hall–Kier alpha value is -11.1. The fraction of sp³-hybridized carbons (Fsp3) is 0. The number of furan rings is 1. The Morgan fingerprint density at radius 2 is 0.831 bits per heavy atom. The standard InChI is InChI=1S/C75H47BN6O/c1-4-21-48(22-5-1)73-77-74(49-23-6-2-7-24-49)79-75(78-73)53-41-43-63(82-62-35-14-10-32-58(62)70-66(82)44-42-57-56-31-11-17-40-69(56)83-72(57)70)59(47-53)52-27-18-25-50(45-52)51-26-19-30-55(46-51)81-65-37-16-13-34-61(65)76-60-33-12-15-36-64(60)80(54-28-8-3-9-29-54)67-38-20-39-68(81)71(67)76/h1-47H. The zero-order valence-corrected chi connectivity index (χ0v) is 44.8. The molecule has 2 aliphatic rings. The third-order valence-corrected chi connectivity index (χ3v) is 16.8. The molecule has 17 rings (SSSR count). The van der Waals surface area contributed by atoms with Crippen LogP contribution in [0, 0.1) is 0 Å². The minimum absolute atomic E-state index is 0.0568. The number of nitrogens with zero attached hydrogens (tertiary/aromatic N) is 6. The van der Waals surface area contributed by atoms with Crippen LogP contribution in [0.3, 0.4) is 0 Å². The van der Waals surface area contributed by atoms with E-state index < -0.39 is 0 Å². The van der Waals surface area contributed by atoms with E-state index in [0.717, 1.165) is 99.8 Å². The van der Waals surface area contributed by atoms with Gasteiger partial charge < -0.3 is 18.8 Å². The summed E-state index contributed by atoms with van der Waals surface area (Å²) in [7, 11) is 0. The molecular formula is C75H47BN6O. The Morgan fingerprint density at radius 1 is 0.313 bits per heavy atom. The molecule has 15 aromatic rings. The zero-order chi connectivity index (χ0) is 54.5. The summed E-state index contributed by atoms with van der Waals surface area (Å²) in [6, 6.07) is 102. The highest BCUT2D eigenvalue weighted by Crippen LogP contribution is 2.46. The van der Waals surface area contributed by atoms with E-state index in [2.05, 4.69) is 257 Å². The second kappa shape index (κ2) is 18.8. The van der Waals surface area contributed by atoms with Crippen molar-refractivity contribution >= 4 is 101 Å². The molecule has 0 fully saturated rings. The van der Waals surface area contributed by atoms with Gasteiger partial charge in [0.2, 0.25) is 0 Å². The Morgan fingerprint density at radius 3 is 1.54 bits per heavy atom. The lowest BCUT2D eigenvalue weighted by Gasteiger charge is -2.44. The lowest BCUT2D eigenvalue weighted by Crippen LogP contribution is -2.61. The highest BCUT2D eigenvalue weighted by Gasteiger charge is 2.43. The summed E-state index contributed by atoms with van der Waals surface area (Å²) in [4.78, 5) is 20.4. The first-order chi connectivity index (χ1) is 41.2. The Kier molecular flexibility index (Phi) is 10.6. The second-order valence-electron chi connectivity index (χ2n) is 21.5. The average Bonchev–Trinajstić information content (AvgIpc) is 4.22. The molecule has 0 saturated heterocycles. The van der Waals surface area contributed by atoms with Crippen LogP contribution < -0.4 is 26.2 Å². The predicted molar refractivity (Wildman–Crippen MR) is 343 cm³/mol. The minimum atomic E-state index is 0.0568. The van der Waals surface area contributed by atoms with Gasteiger partial charge >= 0.3 is 0 Å². The largest absolute Gasteiger partial charge is 0.455 e. The average molecular weight is 1060 g/mol. The van der Waals surface area contributed by atoms with E-state index in [-0.39, 0.29) is 6.71 Å². The Bertz CT molecular complexity index is 5020. The van der Waals surface area contributed by atoms with Crippen molar-refractivity contribution in [2.24, 2.45) is 0 Å². The summed E-state index contributed by atoms with van der Waals surface area (Å²) < 4.78 is 9.19. The van der Waals surface area contributed by atoms with Crippen molar-refractivity contribution in [3.8, 4) is 62.1 Å². The van der Waals surface area contributed by atoms with E-state index >= 15 is 0 Å². The molecule has 2 aliphatic heterocycles. The zero-order valence-electron chi connectivity index (χ0n) is 44.8. The Labute approximate surface area is 479 Å². The van der Waals surface area contributed by atoms with Gasteiger partial charge in [-0.2, -0.15) is 0 Å². The predicted octanol–water partition coefficient (Wildman–Crippen LogP) is 17.3. The number of para-hydroxylation sites is 5. The van der Waals surface area contributed by atoms with Crippen LogP contribution in [-0.2, 0) is 0 Å². The van der Waals surface area contributed by atoms with Gasteiger partial charge in [-0.25, -0.2) is 15.0 Å². The van der Waals surface area contributed by atoms with Crippen molar-refractivity contribution in [1.29, 1.82) is 0 Å². The first-order valence-corrected chi connectivity index (χ1v) is 28.2. The molecule has 0 saturated carbocycles. The van der Waals surface area contributed by atoms with E-state index in [9.17, 15) is 0 Å². The van der Waals surface area contributed by atoms with Crippen LogP contribution in [-0.4, -0.2) is 26.2 Å². The molecule has 5 heterocycles. The van der Waals surface area contributed by atoms with Crippen molar-refractivity contribution in [3.63, 3.8) is 0 Å². The van der Waals surface area contributed by atoms with Gasteiger partial charge in [-0.3, -0.25) is 0 Å². The molecule has 0 unspecified atom stereocenters. The molecule has 0 aliphatic carbocycles. The molecule has 0 spiro atoms. The van der Waals surface area contributed by atoms with Crippen molar-refractivity contribution in [3.05, 3.63) is 285 Å². The van der Waals surface area contributed by atoms with Crippen molar-refractivity contribution in [2.75, 3.05) is 9.80 Å². The molecule has 12 aromatic carbocycles. The van der Waals surface area contributed by atoms with Crippen LogP contribution in [0.4, 0.5) is 34.1 Å². The first-order valence-electron chi connectivity index (χ1n) is 28.2. The highest BCUT2D eigenvalue weighted by molar-refractivity contribution is 7.00. The summed E-state index contributed by atoms with van der Waals surface area (Å²) in [6.07, 6.45) is 0. The van der Waals surface area contributed by atoms with Crippen molar-refractivity contribution in [1.82, 2.24) is 19.5 Å². The van der Waals surface area contributed by atoms with Crippen LogP contribution in [0.2, 0.25) is 0 Å². The fourth-order valence-electron chi connectivity index (χ4n) is 13.2. The summed E-state index contributed by atoms with van der Waals surface area (Å²) in [5.41, 5.74) is 22.7. The summed E-state index contributed by atoms with van der Waals surface area (Å²) >= 11 is 0. The van der Waals surface area contributed by atoms with E-state index in [4.69, 9.17) is 19.4 Å². The van der Waals surface area contributed by atoms with Crippen LogP contribution in [0.1, 0.15) is 0 Å². The topological polar surface area (TPSA) is 63.2 Å². The number of anilines is 6. The van der Waals surface area contributed by atoms with Gasteiger partial charge in [-0.15, -0.1) is 0 Å².